The Morgan fingerprint density at radius 3 is 2.79 bits per heavy atom. The van der Waals surface area contributed by atoms with Crippen molar-refractivity contribution in [3.8, 4) is 0 Å². The van der Waals surface area contributed by atoms with E-state index in [2.05, 4.69) is 23.8 Å². The second-order valence-corrected chi connectivity index (χ2v) is 5.34. The minimum atomic E-state index is -0.782. The average Bonchev–Trinajstić information content (AvgIpc) is 2.38. The normalized spacial score (nSPS) is 22.6. The van der Waals surface area contributed by atoms with E-state index in [0.717, 1.165) is 31.7 Å². The van der Waals surface area contributed by atoms with Gasteiger partial charge in [-0.05, 0) is 32.5 Å². The predicted octanol–water partition coefficient (Wildman–Crippen LogP) is 2.41. The van der Waals surface area contributed by atoms with E-state index in [-0.39, 0.29) is 5.82 Å². The zero-order valence-electron chi connectivity index (χ0n) is 11.9. The van der Waals surface area contributed by atoms with Crippen LogP contribution < -0.4 is 4.90 Å². The lowest BCUT2D eigenvalue weighted by Gasteiger charge is -2.41. The molecule has 3 nitrogen and oxygen atoms in total. The number of anilines is 1. The molecule has 1 fully saturated rings. The number of benzene rings is 1. The van der Waals surface area contributed by atoms with Crippen LogP contribution in [0.5, 0.6) is 0 Å². The highest BCUT2D eigenvalue weighted by Gasteiger charge is 2.26. The Morgan fingerprint density at radius 2 is 2.16 bits per heavy atom. The summed E-state index contributed by atoms with van der Waals surface area (Å²) in [4.78, 5) is 4.54. The van der Waals surface area contributed by atoms with Crippen LogP contribution in [0.2, 0.25) is 0 Å². The van der Waals surface area contributed by atoms with Crippen LogP contribution in [0.4, 0.5) is 10.1 Å². The molecule has 2 unspecified atom stereocenters. The molecule has 0 saturated carbocycles. The summed E-state index contributed by atoms with van der Waals surface area (Å²) >= 11 is 0. The van der Waals surface area contributed by atoms with Crippen molar-refractivity contribution in [2.45, 2.75) is 32.4 Å². The van der Waals surface area contributed by atoms with Crippen molar-refractivity contribution in [3.05, 3.63) is 29.6 Å². The number of aliphatic hydroxyl groups is 1. The van der Waals surface area contributed by atoms with Crippen molar-refractivity contribution in [1.29, 1.82) is 0 Å². The summed E-state index contributed by atoms with van der Waals surface area (Å²) in [5, 5.41) is 9.81. The molecular weight excluding hydrogens is 243 g/mol. The molecule has 0 aromatic heterocycles. The van der Waals surface area contributed by atoms with Crippen LogP contribution in [0.3, 0.4) is 0 Å². The maximum Gasteiger partial charge on any atom is 0.131 e. The lowest BCUT2D eigenvalue weighted by Crippen LogP contribution is -2.51. The summed E-state index contributed by atoms with van der Waals surface area (Å²) in [6.07, 6.45) is 0.294. The van der Waals surface area contributed by atoms with E-state index < -0.39 is 6.10 Å². The zero-order valence-corrected chi connectivity index (χ0v) is 11.9. The van der Waals surface area contributed by atoms with Crippen LogP contribution in [0, 0.1) is 5.82 Å². The Kier molecular flexibility index (Phi) is 4.42. The fourth-order valence-electron chi connectivity index (χ4n) is 2.82. The molecule has 19 heavy (non-hydrogen) atoms. The number of hydrogen-bond acceptors (Lipinski definition) is 3. The summed E-state index contributed by atoms with van der Waals surface area (Å²) in [7, 11) is 2.13. The minimum absolute atomic E-state index is 0.320. The molecule has 1 aromatic rings. The third-order valence-electron chi connectivity index (χ3n) is 4.04. The first-order valence-corrected chi connectivity index (χ1v) is 6.96. The SMILES string of the molecule is CCC1CN(c2cccc(F)c2C(C)O)CCN1C. The number of halogens is 1. The number of hydrogen-bond donors (Lipinski definition) is 1. The van der Waals surface area contributed by atoms with Gasteiger partial charge in [0.05, 0.1) is 6.10 Å². The molecule has 0 amide bonds. The summed E-state index contributed by atoms with van der Waals surface area (Å²) in [5.74, 6) is -0.320. The van der Waals surface area contributed by atoms with E-state index in [1.807, 2.05) is 6.07 Å². The molecule has 1 aromatic carbocycles. The van der Waals surface area contributed by atoms with Gasteiger partial charge in [0.1, 0.15) is 5.82 Å². The molecule has 2 atom stereocenters. The standard InChI is InChI=1S/C15H23FN2O/c1-4-12-10-18(9-8-17(12)3)14-7-5-6-13(16)15(14)11(2)19/h5-7,11-12,19H,4,8-10H2,1-3H3. The van der Waals surface area contributed by atoms with Gasteiger partial charge in [-0.1, -0.05) is 13.0 Å². The second-order valence-electron chi connectivity index (χ2n) is 5.34. The summed E-state index contributed by atoms with van der Waals surface area (Å²) in [6.45, 7) is 6.52. The van der Waals surface area contributed by atoms with E-state index in [1.165, 1.54) is 6.07 Å². The van der Waals surface area contributed by atoms with Crippen LogP contribution in [-0.4, -0.2) is 42.7 Å². The molecule has 4 heteroatoms. The van der Waals surface area contributed by atoms with E-state index in [1.54, 1.807) is 13.0 Å². The van der Waals surface area contributed by atoms with Gasteiger partial charge in [0.2, 0.25) is 0 Å². The molecule has 0 spiro atoms. The van der Waals surface area contributed by atoms with E-state index in [4.69, 9.17) is 0 Å². The molecule has 106 valence electrons. The highest BCUT2D eigenvalue weighted by Crippen LogP contribution is 2.30. The van der Waals surface area contributed by atoms with Gasteiger partial charge in [-0.25, -0.2) is 4.39 Å². The molecule has 0 radical (unpaired) electrons. The fraction of sp³-hybridized carbons (Fsp3) is 0.600. The maximum atomic E-state index is 13.9. The average molecular weight is 266 g/mol. The van der Waals surface area contributed by atoms with Gasteiger partial charge in [-0.2, -0.15) is 0 Å². The lowest BCUT2D eigenvalue weighted by atomic mass is 10.0. The minimum Gasteiger partial charge on any atom is -0.389 e. The number of aliphatic hydroxyl groups excluding tert-OH is 1. The third-order valence-corrected chi connectivity index (χ3v) is 4.04. The monoisotopic (exact) mass is 266 g/mol. The molecule has 0 bridgehead atoms. The molecule has 2 rings (SSSR count). The Morgan fingerprint density at radius 1 is 1.42 bits per heavy atom. The molecule has 1 aliphatic rings. The number of piperazine rings is 1. The van der Waals surface area contributed by atoms with E-state index in [0.29, 0.717) is 11.6 Å². The second kappa shape index (κ2) is 5.88. The van der Waals surface area contributed by atoms with Crippen LogP contribution in [0.15, 0.2) is 18.2 Å². The largest absolute Gasteiger partial charge is 0.389 e. The molecule has 1 aliphatic heterocycles. The van der Waals surface area contributed by atoms with Crippen LogP contribution >= 0.6 is 0 Å². The van der Waals surface area contributed by atoms with Gasteiger partial charge < -0.3 is 10.0 Å². The Bertz CT molecular complexity index is 436. The summed E-state index contributed by atoms with van der Waals surface area (Å²) in [6, 6.07) is 5.52. The lowest BCUT2D eigenvalue weighted by molar-refractivity contribution is 0.191. The third kappa shape index (κ3) is 2.90. The van der Waals surface area contributed by atoms with Gasteiger partial charge in [0.25, 0.3) is 0 Å². The van der Waals surface area contributed by atoms with Crippen molar-refractivity contribution < 1.29 is 9.50 Å². The van der Waals surface area contributed by atoms with Gasteiger partial charge in [0, 0.05) is 36.9 Å². The van der Waals surface area contributed by atoms with Gasteiger partial charge >= 0.3 is 0 Å². The predicted molar refractivity (Wildman–Crippen MR) is 76.0 cm³/mol. The number of likely N-dealkylation sites (N-methyl/N-ethyl adjacent to an activating group) is 1. The van der Waals surface area contributed by atoms with Gasteiger partial charge in [-0.15, -0.1) is 0 Å². The molecule has 0 aliphatic carbocycles. The first kappa shape index (κ1) is 14.3. The topological polar surface area (TPSA) is 26.7 Å². The first-order chi connectivity index (χ1) is 9.04. The molecule has 1 heterocycles. The molecule has 1 N–H and O–H groups in total. The smallest absolute Gasteiger partial charge is 0.131 e. The number of nitrogens with zero attached hydrogens (tertiary/aromatic N) is 2. The number of rotatable bonds is 3. The summed E-state index contributed by atoms with van der Waals surface area (Å²) < 4.78 is 13.9. The van der Waals surface area contributed by atoms with Crippen LogP contribution in [0.1, 0.15) is 31.9 Å². The van der Waals surface area contributed by atoms with Crippen molar-refractivity contribution in [2.24, 2.45) is 0 Å². The van der Waals surface area contributed by atoms with Crippen molar-refractivity contribution >= 4 is 5.69 Å². The van der Waals surface area contributed by atoms with Crippen LogP contribution in [-0.2, 0) is 0 Å². The van der Waals surface area contributed by atoms with Crippen LogP contribution in [0.25, 0.3) is 0 Å². The van der Waals surface area contributed by atoms with E-state index in [9.17, 15) is 9.50 Å². The molecule has 1 saturated heterocycles. The first-order valence-electron chi connectivity index (χ1n) is 6.96. The Labute approximate surface area is 114 Å². The fourth-order valence-corrected chi connectivity index (χ4v) is 2.82. The quantitative estimate of drug-likeness (QED) is 0.910. The van der Waals surface area contributed by atoms with Gasteiger partial charge in [-0.3, -0.25) is 4.90 Å². The highest BCUT2D eigenvalue weighted by molar-refractivity contribution is 5.55. The Balaban J connectivity index is 2.29. The zero-order chi connectivity index (χ0) is 14.0. The maximum absolute atomic E-state index is 13.9. The summed E-state index contributed by atoms with van der Waals surface area (Å²) in [5.41, 5.74) is 1.25. The van der Waals surface area contributed by atoms with Gasteiger partial charge in [0.15, 0.2) is 0 Å². The Hall–Kier alpha value is -1.13. The van der Waals surface area contributed by atoms with Crippen molar-refractivity contribution in [3.63, 3.8) is 0 Å². The van der Waals surface area contributed by atoms with Crippen molar-refractivity contribution in [2.75, 3.05) is 31.6 Å². The van der Waals surface area contributed by atoms with E-state index >= 15 is 0 Å². The molecular formula is C15H23FN2O. The highest BCUT2D eigenvalue weighted by atomic mass is 19.1. The van der Waals surface area contributed by atoms with Crippen molar-refractivity contribution in [1.82, 2.24) is 4.90 Å².